The van der Waals surface area contributed by atoms with Crippen molar-refractivity contribution in [3.8, 4) is 11.5 Å². The van der Waals surface area contributed by atoms with E-state index < -0.39 is 10.1 Å². The summed E-state index contributed by atoms with van der Waals surface area (Å²) in [4.78, 5) is 0. The van der Waals surface area contributed by atoms with Crippen LogP contribution in [0.15, 0.2) is 46.0 Å². The molecule has 0 spiro atoms. The third kappa shape index (κ3) is 2.78. The third-order valence-corrected chi connectivity index (χ3v) is 4.61. The fourth-order valence-corrected chi connectivity index (χ4v) is 3.09. The molecule has 1 aromatic carbocycles. The molecule has 0 amide bonds. The normalized spacial score (nSPS) is 11.1. The zero-order chi connectivity index (χ0) is 12.3. The molecule has 1 aromatic heterocycles. The average Bonchev–Trinajstić information content (AvgIpc) is 2.84. The Morgan fingerprint density at radius 1 is 1.06 bits per heavy atom. The van der Waals surface area contributed by atoms with Gasteiger partial charge in [-0.25, -0.2) is 0 Å². The second-order valence-electron chi connectivity index (χ2n) is 3.15. The van der Waals surface area contributed by atoms with Gasteiger partial charge in [0, 0.05) is 0 Å². The predicted molar refractivity (Wildman–Crippen MR) is 65.1 cm³/mol. The molecule has 0 radical (unpaired) electrons. The highest BCUT2D eigenvalue weighted by Crippen LogP contribution is 2.23. The first-order valence-corrected chi connectivity index (χ1v) is 7.03. The third-order valence-electron chi connectivity index (χ3n) is 2.01. The average molecular weight is 270 g/mol. The SMILES string of the molecule is COc1ccc(OS(=O)(=O)c2cccs2)cc1. The van der Waals surface area contributed by atoms with Crippen molar-refractivity contribution in [1.82, 2.24) is 0 Å². The highest BCUT2D eigenvalue weighted by molar-refractivity contribution is 7.89. The minimum atomic E-state index is -3.71. The number of methoxy groups -OCH3 is 1. The number of hydrogen-bond donors (Lipinski definition) is 0. The van der Waals surface area contributed by atoms with Crippen LogP contribution in [0.4, 0.5) is 0 Å². The molecule has 4 nitrogen and oxygen atoms in total. The van der Waals surface area contributed by atoms with E-state index in [4.69, 9.17) is 8.92 Å². The van der Waals surface area contributed by atoms with Gasteiger partial charge in [-0.2, -0.15) is 8.42 Å². The smallest absolute Gasteiger partial charge is 0.348 e. The maximum Gasteiger partial charge on any atom is 0.348 e. The van der Waals surface area contributed by atoms with E-state index >= 15 is 0 Å². The Morgan fingerprint density at radius 3 is 2.24 bits per heavy atom. The summed E-state index contributed by atoms with van der Waals surface area (Å²) >= 11 is 1.12. The van der Waals surface area contributed by atoms with E-state index in [-0.39, 0.29) is 9.96 Å². The Hall–Kier alpha value is -1.53. The van der Waals surface area contributed by atoms with E-state index in [1.165, 1.54) is 13.2 Å². The van der Waals surface area contributed by atoms with Crippen molar-refractivity contribution in [3.63, 3.8) is 0 Å². The monoisotopic (exact) mass is 270 g/mol. The van der Waals surface area contributed by atoms with Gasteiger partial charge in [0.15, 0.2) is 4.21 Å². The summed E-state index contributed by atoms with van der Waals surface area (Å²) in [6, 6.07) is 9.53. The maximum absolute atomic E-state index is 11.8. The summed E-state index contributed by atoms with van der Waals surface area (Å²) in [5.41, 5.74) is 0. The minimum absolute atomic E-state index is 0.188. The summed E-state index contributed by atoms with van der Waals surface area (Å²) in [7, 11) is -2.17. The summed E-state index contributed by atoms with van der Waals surface area (Å²) in [6.07, 6.45) is 0. The Balaban J connectivity index is 2.21. The standard InChI is InChI=1S/C11H10O4S2/c1-14-9-4-6-10(7-5-9)15-17(12,13)11-3-2-8-16-11/h2-8H,1H3. The van der Waals surface area contributed by atoms with Crippen LogP contribution in [0.5, 0.6) is 11.5 Å². The van der Waals surface area contributed by atoms with Crippen molar-refractivity contribution in [2.75, 3.05) is 7.11 Å². The summed E-state index contributed by atoms with van der Waals surface area (Å²) in [5, 5.41) is 1.68. The van der Waals surface area contributed by atoms with Gasteiger partial charge in [-0.1, -0.05) is 6.07 Å². The van der Waals surface area contributed by atoms with E-state index in [1.807, 2.05) is 0 Å². The molecule has 0 N–H and O–H groups in total. The molecule has 0 saturated heterocycles. The molecule has 0 atom stereocenters. The number of thiophene rings is 1. The molecule has 0 fully saturated rings. The van der Waals surface area contributed by atoms with E-state index in [2.05, 4.69) is 0 Å². The number of benzene rings is 1. The second-order valence-corrected chi connectivity index (χ2v) is 5.87. The topological polar surface area (TPSA) is 52.6 Å². The van der Waals surface area contributed by atoms with Crippen LogP contribution in [-0.2, 0) is 10.1 Å². The first kappa shape index (κ1) is 11.9. The van der Waals surface area contributed by atoms with E-state index in [1.54, 1.807) is 35.7 Å². The van der Waals surface area contributed by atoms with Crippen molar-refractivity contribution in [2.24, 2.45) is 0 Å². The van der Waals surface area contributed by atoms with Crippen LogP contribution in [0.2, 0.25) is 0 Å². The van der Waals surface area contributed by atoms with Gasteiger partial charge in [-0.3, -0.25) is 0 Å². The Morgan fingerprint density at radius 2 is 1.71 bits per heavy atom. The Bertz CT molecular complexity index is 570. The van der Waals surface area contributed by atoms with Gasteiger partial charge in [0.05, 0.1) is 7.11 Å². The molecule has 0 aliphatic heterocycles. The minimum Gasteiger partial charge on any atom is -0.497 e. The number of ether oxygens (including phenoxy) is 1. The summed E-state index contributed by atoms with van der Waals surface area (Å²) < 4.78 is 33.7. The van der Waals surface area contributed by atoms with Crippen molar-refractivity contribution < 1.29 is 17.3 Å². The molecular formula is C11H10O4S2. The van der Waals surface area contributed by atoms with Crippen molar-refractivity contribution in [3.05, 3.63) is 41.8 Å². The van der Waals surface area contributed by atoms with Crippen molar-refractivity contribution in [1.29, 1.82) is 0 Å². The van der Waals surface area contributed by atoms with E-state index in [0.717, 1.165) is 11.3 Å². The molecule has 0 unspecified atom stereocenters. The van der Waals surface area contributed by atoms with Crippen LogP contribution in [0.1, 0.15) is 0 Å². The first-order valence-electron chi connectivity index (χ1n) is 4.74. The molecule has 17 heavy (non-hydrogen) atoms. The van der Waals surface area contributed by atoms with Gasteiger partial charge in [-0.15, -0.1) is 11.3 Å². The maximum atomic E-state index is 11.8. The zero-order valence-corrected chi connectivity index (χ0v) is 10.6. The molecule has 6 heteroatoms. The lowest BCUT2D eigenvalue weighted by molar-refractivity contribution is 0.413. The van der Waals surface area contributed by atoms with Crippen LogP contribution in [0.25, 0.3) is 0 Å². The fraction of sp³-hybridized carbons (Fsp3) is 0.0909. The van der Waals surface area contributed by atoms with Crippen LogP contribution in [0, 0.1) is 0 Å². The van der Waals surface area contributed by atoms with Gasteiger partial charge < -0.3 is 8.92 Å². The number of hydrogen-bond acceptors (Lipinski definition) is 5. The predicted octanol–water partition coefficient (Wildman–Crippen LogP) is 2.52. The van der Waals surface area contributed by atoms with Crippen LogP contribution in [0.3, 0.4) is 0 Å². The van der Waals surface area contributed by atoms with Crippen molar-refractivity contribution >= 4 is 21.5 Å². The molecule has 2 rings (SSSR count). The number of rotatable bonds is 4. The van der Waals surface area contributed by atoms with Gasteiger partial charge in [0.25, 0.3) is 0 Å². The molecular weight excluding hydrogens is 260 g/mol. The fourth-order valence-electron chi connectivity index (χ4n) is 1.20. The van der Waals surface area contributed by atoms with Gasteiger partial charge in [-0.05, 0) is 35.7 Å². The lowest BCUT2D eigenvalue weighted by atomic mass is 10.3. The molecule has 90 valence electrons. The Labute approximate surface area is 104 Å². The van der Waals surface area contributed by atoms with Crippen LogP contribution >= 0.6 is 11.3 Å². The van der Waals surface area contributed by atoms with Crippen LogP contribution < -0.4 is 8.92 Å². The lowest BCUT2D eigenvalue weighted by Crippen LogP contribution is -2.07. The molecule has 0 saturated carbocycles. The highest BCUT2D eigenvalue weighted by Gasteiger charge is 2.17. The van der Waals surface area contributed by atoms with Crippen molar-refractivity contribution in [2.45, 2.75) is 4.21 Å². The van der Waals surface area contributed by atoms with Gasteiger partial charge in [0.1, 0.15) is 11.5 Å². The first-order chi connectivity index (χ1) is 8.12. The summed E-state index contributed by atoms with van der Waals surface area (Å²) in [6.45, 7) is 0. The molecule has 0 aliphatic rings. The zero-order valence-electron chi connectivity index (χ0n) is 8.99. The lowest BCUT2D eigenvalue weighted by Gasteiger charge is -2.05. The van der Waals surface area contributed by atoms with Crippen LogP contribution in [-0.4, -0.2) is 15.5 Å². The van der Waals surface area contributed by atoms with Gasteiger partial charge >= 0.3 is 10.1 Å². The molecule has 1 heterocycles. The quantitative estimate of drug-likeness (QED) is 0.801. The largest absolute Gasteiger partial charge is 0.497 e. The molecule has 0 bridgehead atoms. The second kappa shape index (κ2) is 4.77. The Kier molecular flexibility index (Phi) is 3.35. The van der Waals surface area contributed by atoms with E-state index in [9.17, 15) is 8.42 Å². The van der Waals surface area contributed by atoms with Gasteiger partial charge in [0.2, 0.25) is 0 Å². The summed E-state index contributed by atoms with van der Waals surface area (Å²) in [5.74, 6) is 0.907. The molecule has 2 aromatic rings. The molecule has 0 aliphatic carbocycles. The van der Waals surface area contributed by atoms with E-state index in [0.29, 0.717) is 5.75 Å². The highest BCUT2D eigenvalue weighted by atomic mass is 32.3.